The maximum absolute atomic E-state index is 13.3. The maximum atomic E-state index is 13.3. The number of rotatable bonds is 5. The van der Waals surface area contributed by atoms with E-state index in [1.54, 1.807) is 18.2 Å². The lowest BCUT2D eigenvalue weighted by atomic mass is 9.95. The molecule has 5 nitrogen and oxygen atoms in total. The van der Waals surface area contributed by atoms with Gasteiger partial charge in [-0.2, -0.15) is 13.2 Å². The van der Waals surface area contributed by atoms with Gasteiger partial charge in [0.15, 0.2) is 11.5 Å². The van der Waals surface area contributed by atoms with Crippen LogP contribution < -0.4 is 5.32 Å². The second-order valence-electron chi connectivity index (χ2n) is 6.81. The summed E-state index contributed by atoms with van der Waals surface area (Å²) in [5.41, 5.74) is 0.343. The third kappa shape index (κ3) is 4.54. The first-order chi connectivity index (χ1) is 14.0. The quantitative estimate of drug-likeness (QED) is 0.670. The lowest BCUT2D eigenvalue weighted by Gasteiger charge is -2.20. The Morgan fingerprint density at radius 2 is 1.83 bits per heavy atom. The van der Waals surface area contributed by atoms with Crippen LogP contribution in [0.2, 0.25) is 0 Å². The van der Waals surface area contributed by atoms with Gasteiger partial charge in [0, 0.05) is 31.3 Å². The predicted molar refractivity (Wildman–Crippen MR) is 102 cm³/mol. The van der Waals surface area contributed by atoms with Gasteiger partial charge in [0.25, 0.3) is 0 Å². The van der Waals surface area contributed by atoms with Gasteiger partial charge >= 0.3 is 6.18 Å². The van der Waals surface area contributed by atoms with Gasteiger partial charge in [0.05, 0.1) is 6.10 Å². The van der Waals surface area contributed by atoms with Crippen molar-refractivity contribution in [1.82, 2.24) is 15.0 Å². The average molecular weight is 400 g/mol. The summed E-state index contributed by atoms with van der Waals surface area (Å²) in [6.07, 6.45) is -2.36. The Labute approximate surface area is 166 Å². The molecule has 8 heteroatoms. The molecular formula is C21H19F3N4O. The van der Waals surface area contributed by atoms with E-state index in [-0.39, 0.29) is 29.4 Å². The Kier molecular flexibility index (Phi) is 5.44. The number of nitrogens with one attached hydrogen (secondary N) is 1. The first-order valence-electron chi connectivity index (χ1n) is 9.29. The third-order valence-corrected chi connectivity index (χ3v) is 4.80. The van der Waals surface area contributed by atoms with E-state index in [2.05, 4.69) is 20.3 Å². The van der Waals surface area contributed by atoms with Crippen LogP contribution in [0.1, 0.15) is 23.8 Å². The van der Waals surface area contributed by atoms with Gasteiger partial charge in [0.2, 0.25) is 0 Å². The van der Waals surface area contributed by atoms with Crippen LogP contribution in [-0.4, -0.2) is 28.1 Å². The molecule has 29 heavy (non-hydrogen) atoms. The van der Waals surface area contributed by atoms with Crippen LogP contribution in [0.5, 0.6) is 0 Å². The van der Waals surface area contributed by atoms with Crippen molar-refractivity contribution in [1.29, 1.82) is 0 Å². The van der Waals surface area contributed by atoms with Crippen molar-refractivity contribution in [3.8, 4) is 11.5 Å². The number of nitrogens with zero attached hydrogens (tertiary/aromatic N) is 3. The van der Waals surface area contributed by atoms with Crippen molar-refractivity contribution < 1.29 is 17.9 Å². The Morgan fingerprint density at radius 1 is 1.03 bits per heavy atom. The molecule has 1 aliphatic heterocycles. The molecular weight excluding hydrogens is 381 g/mol. The highest BCUT2D eigenvalue weighted by Gasteiger charge is 2.34. The van der Waals surface area contributed by atoms with Gasteiger partial charge in [-0.05, 0) is 24.1 Å². The molecule has 3 heterocycles. The van der Waals surface area contributed by atoms with E-state index in [4.69, 9.17) is 4.74 Å². The lowest BCUT2D eigenvalue weighted by molar-refractivity contribution is -0.141. The molecule has 150 valence electrons. The summed E-state index contributed by atoms with van der Waals surface area (Å²) in [5.74, 6) is 0.178. The minimum absolute atomic E-state index is 0.0646. The summed E-state index contributed by atoms with van der Waals surface area (Å²) in [5, 5.41) is 3.05. The number of pyridine rings is 1. The largest absolute Gasteiger partial charge is 0.433 e. The van der Waals surface area contributed by atoms with Crippen LogP contribution in [0.15, 0.2) is 60.8 Å². The summed E-state index contributed by atoms with van der Waals surface area (Å²) >= 11 is 0. The van der Waals surface area contributed by atoms with Gasteiger partial charge < -0.3 is 10.1 Å². The summed E-state index contributed by atoms with van der Waals surface area (Å²) < 4.78 is 45.8. The highest BCUT2D eigenvalue weighted by atomic mass is 19.4. The highest BCUT2D eigenvalue weighted by Crippen LogP contribution is 2.35. The number of anilines is 1. The maximum Gasteiger partial charge on any atom is 0.433 e. The highest BCUT2D eigenvalue weighted by molar-refractivity contribution is 5.53. The summed E-state index contributed by atoms with van der Waals surface area (Å²) in [6, 6.07) is 15.7. The van der Waals surface area contributed by atoms with E-state index in [1.807, 2.05) is 30.3 Å². The predicted octanol–water partition coefficient (Wildman–Crippen LogP) is 4.75. The van der Waals surface area contributed by atoms with Gasteiger partial charge in [-0.1, -0.05) is 36.4 Å². The monoisotopic (exact) mass is 400 g/mol. The van der Waals surface area contributed by atoms with Crippen molar-refractivity contribution >= 4 is 5.82 Å². The molecule has 1 aliphatic rings. The van der Waals surface area contributed by atoms with Crippen LogP contribution in [0.4, 0.5) is 19.0 Å². The fraction of sp³-hybridized carbons (Fsp3) is 0.286. The zero-order valence-electron chi connectivity index (χ0n) is 15.4. The van der Waals surface area contributed by atoms with Crippen LogP contribution in [-0.2, 0) is 10.9 Å². The molecule has 0 bridgehead atoms. The standard InChI is InChI=1S/C21H19F3N4O/c22-21(23,24)17-12-18(28-20(27-17)16-8-4-5-10-25-16)26-13-15-9-11-29-19(15)14-6-2-1-3-7-14/h1-8,10,12,15,19H,9,11,13H2,(H,26,27,28). The SMILES string of the molecule is FC(F)(F)c1cc(NCC2CCOC2c2ccccc2)nc(-c2ccccn2)n1. The molecule has 3 aromatic rings. The van der Waals surface area contributed by atoms with Crippen molar-refractivity contribution in [3.05, 3.63) is 72.1 Å². The number of ether oxygens (including phenoxy) is 1. The smallest absolute Gasteiger partial charge is 0.373 e. The van der Waals surface area contributed by atoms with Crippen LogP contribution >= 0.6 is 0 Å². The fourth-order valence-corrected chi connectivity index (χ4v) is 3.38. The van der Waals surface area contributed by atoms with E-state index < -0.39 is 11.9 Å². The first-order valence-corrected chi connectivity index (χ1v) is 9.29. The van der Waals surface area contributed by atoms with Crippen molar-refractivity contribution in [2.75, 3.05) is 18.5 Å². The Balaban J connectivity index is 1.56. The van der Waals surface area contributed by atoms with Gasteiger partial charge in [-0.25, -0.2) is 9.97 Å². The average Bonchev–Trinajstić information content (AvgIpc) is 3.21. The van der Waals surface area contributed by atoms with Crippen LogP contribution in [0.3, 0.4) is 0 Å². The number of alkyl halides is 3. The topological polar surface area (TPSA) is 59.9 Å². The van der Waals surface area contributed by atoms with Crippen molar-refractivity contribution in [2.45, 2.75) is 18.7 Å². The normalized spacial score (nSPS) is 19.3. The van der Waals surface area contributed by atoms with Crippen molar-refractivity contribution in [3.63, 3.8) is 0 Å². The third-order valence-electron chi connectivity index (χ3n) is 4.80. The summed E-state index contributed by atoms with van der Waals surface area (Å²) in [6.45, 7) is 1.05. The molecule has 4 rings (SSSR count). The zero-order chi connectivity index (χ0) is 20.3. The molecule has 0 amide bonds. The number of halogens is 3. The van der Waals surface area contributed by atoms with Gasteiger partial charge in [-0.3, -0.25) is 4.98 Å². The van der Waals surface area contributed by atoms with E-state index in [0.29, 0.717) is 13.2 Å². The molecule has 0 aliphatic carbocycles. The van der Waals surface area contributed by atoms with Crippen LogP contribution in [0, 0.1) is 5.92 Å². The molecule has 2 atom stereocenters. The molecule has 0 radical (unpaired) electrons. The number of aromatic nitrogens is 3. The van der Waals surface area contributed by atoms with Crippen LogP contribution in [0.25, 0.3) is 11.5 Å². The number of hydrogen-bond acceptors (Lipinski definition) is 5. The summed E-state index contributed by atoms with van der Waals surface area (Å²) in [7, 11) is 0. The minimum Gasteiger partial charge on any atom is -0.373 e. The second kappa shape index (κ2) is 8.16. The first kappa shape index (κ1) is 19.3. The fourth-order valence-electron chi connectivity index (χ4n) is 3.38. The Morgan fingerprint density at radius 3 is 2.55 bits per heavy atom. The molecule has 2 aromatic heterocycles. The van der Waals surface area contributed by atoms with E-state index >= 15 is 0 Å². The van der Waals surface area contributed by atoms with E-state index in [0.717, 1.165) is 18.1 Å². The molecule has 0 saturated carbocycles. The minimum atomic E-state index is -4.58. The zero-order valence-corrected chi connectivity index (χ0v) is 15.4. The number of hydrogen-bond donors (Lipinski definition) is 1. The van der Waals surface area contributed by atoms with Gasteiger partial charge in [0.1, 0.15) is 11.5 Å². The molecule has 1 aromatic carbocycles. The van der Waals surface area contributed by atoms with E-state index in [1.165, 1.54) is 6.20 Å². The molecule has 1 fully saturated rings. The van der Waals surface area contributed by atoms with E-state index in [9.17, 15) is 13.2 Å². The van der Waals surface area contributed by atoms with Crippen molar-refractivity contribution in [2.24, 2.45) is 5.92 Å². The molecule has 2 unspecified atom stereocenters. The molecule has 1 N–H and O–H groups in total. The Bertz CT molecular complexity index is 951. The lowest BCUT2D eigenvalue weighted by Crippen LogP contribution is -2.19. The summed E-state index contributed by atoms with van der Waals surface area (Å²) in [4.78, 5) is 12.0. The Hall–Kier alpha value is -3.00. The second-order valence-corrected chi connectivity index (χ2v) is 6.81. The molecule has 0 spiro atoms. The van der Waals surface area contributed by atoms with Gasteiger partial charge in [-0.15, -0.1) is 0 Å². The number of benzene rings is 1. The molecule has 1 saturated heterocycles.